The third kappa shape index (κ3) is 5.83. The van der Waals surface area contributed by atoms with Gasteiger partial charge in [0.05, 0.1) is 18.7 Å². The highest BCUT2D eigenvalue weighted by molar-refractivity contribution is 5.97. The number of nitrogens with zero attached hydrogens (tertiary/aromatic N) is 1. The van der Waals surface area contributed by atoms with Crippen molar-refractivity contribution in [2.24, 2.45) is 0 Å². The smallest absolute Gasteiger partial charge is 0.337 e. The molecule has 6 nitrogen and oxygen atoms in total. The lowest BCUT2D eigenvalue weighted by Gasteiger charge is -2.19. The van der Waals surface area contributed by atoms with Gasteiger partial charge in [-0.1, -0.05) is 72.8 Å². The van der Waals surface area contributed by atoms with E-state index in [-0.39, 0.29) is 11.6 Å². The first-order chi connectivity index (χ1) is 15.6. The summed E-state index contributed by atoms with van der Waals surface area (Å²) >= 11 is 0. The standard InChI is InChI=1S/C26H23N3O3/c1-32-26(31)22-14-12-19(13-15-22)17-28-18-23(16-27)25(30)29-24(20-8-4-2-5-9-20)21-10-6-3-7-11-21/h2-15,18,24,28H,17H2,1H3,(H,29,30)/b23-18-. The van der Waals surface area contributed by atoms with Crippen molar-refractivity contribution in [1.82, 2.24) is 10.6 Å². The molecule has 0 atom stereocenters. The van der Waals surface area contributed by atoms with Crippen LogP contribution >= 0.6 is 0 Å². The minimum atomic E-state index is -0.473. The summed E-state index contributed by atoms with van der Waals surface area (Å²) in [6.45, 7) is 0.390. The summed E-state index contributed by atoms with van der Waals surface area (Å²) in [4.78, 5) is 24.3. The number of hydrogen-bond donors (Lipinski definition) is 2. The van der Waals surface area contributed by atoms with Crippen molar-refractivity contribution in [3.05, 3.63) is 119 Å². The number of carbonyl (C=O) groups excluding carboxylic acids is 2. The molecule has 0 heterocycles. The highest BCUT2D eigenvalue weighted by Gasteiger charge is 2.19. The SMILES string of the molecule is COC(=O)c1ccc(CN/C=C(/C#N)C(=O)NC(c2ccccc2)c2ccccc2)cc1. The fraction of sp³-hybridized carbons (Fsp3) is 0.115. The number of rotatable bonds is 8. The average molecular weight is 425 g/mol. The Labute approximate surface area is 187 Å². The van der Waals surface area contributed by atoms with Crippen molar-refractivity contribution in [2.75, 3.05) is 7.11 Å². The highest BCUT2D eigenvalue weighted by atomic mass is 16.5. The zero-order valence-corrected chi connectivity index (χ0v) is 17.6. The van der Waals surface area contributed by atoms with Crippen LogP contribution in [0, 0.1) is 11.3 Å². The molecule has 0 aliphatic rings. The second kappa shape index (κ2) is 11.1. The Hall–Kier alpha value is -4.37. The number of nitriles is 1. The molecule has 0 unspecified atom stereocenters. The molecule has 160 valence electrons. The fourth-order valence-corrected chi connectivity index (χ4v) is 3.16. The fourth-order valence-electron chi connectivity index (χ4n) is 3.16. The second-order valence-electron chi connectivity index (χ2n) is 6.97. The van der Waals surface area contributed by atoms with Crippen molar-refractivity contribution in [3.63, 3.8) is 0 Å². The molecule has 6 heteroatoms. The van der Waals surface area contributed by atoms with Gasteiger partial charge in [0, 0.05) is 12.7 Å². The summed E-state index contributed by atoms with van der Waals surface area (Å²) in [5, 5.41) is 15.4. The first-order valence-electron chi connectivity index (χ1n) is 10.0. The Morgan fingerprint density at radius 2 is 1.50 bits per heavy atom. The van der Waals surface area contributed by atoms with Crippen LogP contribution in [0.15, 0.2) is 96.7 Å². The number of amides is 1. The van der Waals surface area contributed by atoms with Crippen molar-refractivity contribution in [1.29, 1.82) is 5.26 Å². The maximum absolute atomic E-state index is 12.8. The number of ether oxygens (including phenoxy) is 1. The molecule has 0 saturated heterocycles. The van der Waals surface area contributed by atoms with Crippen LogP contribution in [0.2, 0.25) is 0 Å². The number of methoxy groups -OCH3 is 1. The van der Waals surface area contributed by atoms with Gasteiger partial charge in [0.1, 0.15) is 11.6 Å². The average Bonchev–Trinajstić information content (AvgIpc) is 2.86. The molecule has 0 spiro atoms. The van der Waals surface area contributed by atoms with Gasteiger partial charge in [0.15, 0.2) is 0 Å². The number of benzene rings is 3. The summed E-state index contributed by atoms with van der Waals surface area (Å²) in [7, 11) is 1.33. The molecule has 3 aromatic carbocycles. The largest absolute Gasteiger partial charge is 0.465 e. The molecule has 0 saturated carbocycles. The number of carbonyl (C=O) groups is 2. The first-order valence-corrected chi connectivity index (χ1v) is 10.0. The molecule has 0 aliphatic carbocycles. The molecular formula is C26H23N3O3. The molecule has 0 aromatic heterocycles. The van der Waals surface area contributed by atoms with Crippen LogP contribution in [0.5, 0.6) is 0 Å². The lowest BCUT2D eigenvalue weighted by Crippen LogP contribution is -2.30. The van der Waals surface area contributed by atoms with Crippen LogP contribution in [0.3, 0.4) is 0 Å². The van der Waals surface area contributed by atoms with E-state index < -0.39 is 11.9 Å². The van der Waals surface area contributed by atoms with Gasteiger partial charge < -0.3 is 15.4 Å². The van der Waals surface area contributed by atoms with Crippen LogP contribution in [-0.4, -0.2) is 19.0 Å². The van der Waals surface area contributed by atoms with Crippen LogP contribution in [0.4, 0.5) is 0 Å². The Morgan fingerprint density at radius 3 is 2.00 bits per heavy atom. The zero-order chi connectivity index (χ0) is 22.8. The predicted octanol–water partition coefficient (Wildman–Crippen LogP) is 3.88. The van der Waals surface area contributed by atoms with Gasteiger partial charge >= 0.3 is 5.97 Å². The van der Waals surface area contributed by atoms with Gasteiger partial charge in [-0.05, 0) is 28.8 Å². The summed E-state index contributed by atoms with van der Waals surface area (Å²) in [5.41, 5.74) is 3.15. The zero-order valence-electron chi connectivity index (χ0n) is 17.6. The molecule has 0 aliphatic heterocycles. The van der Waals surface area contributed by atoms with E-state index in [0.29, 0.717) is 12.1 Å². The predicted molar refractivity (Wildman–Crippen MR) is 121 cm³/mol. The van der Waals surface area contributed by atoms with Gasteiger partial charge in [-0.25, -0.2) is 4.79 Å². The molecule has 3 rings (SSSR count). The van der Waals surface area contributed by atoms with Crippen LogP contribution in [0.25, 0.3) is 0 Å². The van der Waals surface area contributed by atoms with Crippen molar-refractivity contribution in [2.45, 2.75) is 12.6 Å². The molecule has 0 fully saturated rings. The van der Waals surface area contributed by atoms with Crippen LogP contribution < -0.4 is 10.6 Å². The number of hydrogen-bond acceptors (Lipinski definition) is 5. The third-order valence-electron chi connectivity index (χ3n) is 4.83. The van der Waals surface area contributed by atoms with E-state index in [1.807, 2.05) is 66.7 Å². The molecule has 1 amide bonds. The molecule has 0 bridgehead atoms. The third-order valence-corrected chi connectivity index (χ3v) is 4.83. The van der Waals surface area contributed by atoms with E-state index in [1.165, 1.54) is 13.3 Å². The quantitative estimate of drug-likeness (QED) is 0.325. The highest BCUT2D eigenvalue weighted by Crippen LogP contribution is 2.22. The van der Waals surface area contributed by atoms with Crippen LogP contribution in [-0.2, 0) is 16.1 Å². The number of nitrogens with one attached hydrogen (secondary N) is 2. The molecular weight excluding hydrogens is 402 g/mol. The normalized spacial score (nSPS) is 10.8. The van der Waals surface area contributed by atoms with Gasteiger partial charge in [-0.15, -0.1) is 0 Å². The van der Waals surface area contributed by atoms with Crippen molar-refractivity contribution < 1.29 is 14.3 Å². The molecule has 3 aromatic rings. The topological polar surface area (TPSA) is 91.2 Å². The van der Waals surface area contributed by atoms with E-state index in [4.69, 9.17) is 0 Å². The van der Waals surface area contributed by atoms with E-state index >= 15 is 0 Å². The maximum atomic E-state index is 12.8. The Bertz CT molecular complexity index is 1080. The summed E-state index contributed by atoms with van der Waals surface area (Å²) in [6.07, 6.45) is 1.40. The van der Waals surface area contributed by atoms with Crippen molar-refractivity contribution in [3.8, 4) is 6.07 Å². The van der Waals surface area contributed by atoms with Gasteiger partial charge in [-0.3, -0.25) is 4.79 Å². The summed E-state index contributed by atoms with van der Waals surface area (Å²) < 4.78 is 4.68. The minimum absolute atomic E-state index is 0.0342. The number of esters is 1. The Kier molecular flexibility index (Phi) is 7.77. The van der Waals surface area contributed by atoms with E-state index in [1.54, 1.807) is 24.3 Å². The lowest BCUT2D eigenvalue weighted by atomic mass is 9.98. The Balaban J connectivity index is 1.69. The second-order valence-corrected chi connectivity index (χ2v) is 6.97. The van der Waals surface area contributed by atoms with E-state index in [9.17, 15) is 14.9 Å². The monoisotopic (exact) mass is 425 g/mol. The van der Waals surface area contributed by atoms with E-state index in [2.05, 4.69) is 15.4 Å². The van der Waals surface area contributed by atoms with Gasteiger partial charge in [-0.2, -0.15) is 5.26 Å². The van der Waals surface area contributed by atoms with Crippen LogP contribution in [0.1, 0.15) is 33.1 Å². The van der Waals surface area contributed by atoms with Crippen molar-refractivity contribution >= 4 is 11.9 Å². The summed E-state index contributed by atoms with van der Waals surface area (Å²) in [6, 6.07) is 27.6. The minimum Gasteiger partial charge on any atom is -0.465 e. The summed E-state index contributed by atoms with van der Waals surface area (Å²) in [5.74, 6) is -0.877. The first kappa shape index (κ1) is 22.3. The molecule has 2 N–H and O–H groups in total. The van der Waals surface area contributed by atoms with Gasteiger partial charge in [0.2, 0.25) is 0 Å². The maximum Gasteiger partial charge on any atom is 0.337 e. The molecule has 0 radical (unpaired) electrons. The lowest BCUT2D eigenvalue weighted by molar-refractivity contribution is -0.117. The molecule has 32 heavy (non-hydrogen) atoms. The Morgan fingerprint density at radius 1 is 0.938 bits per heavy atom. The van der Waals surface area contributed by atoms with E-state index in [0.717, 1.165) is 16.7 Å². The van der Waals surface area contributed by atoms with Gasteiger partial charge in [0.25, 0.3) is 5.91 Å².